The molecule has 0 saturated carbocycles. The number of benzene rings is 1. The van der Waals surface area contributed by atoms with Crippen LogP contribution in [-0.2, 0) is 11.2 Å². The lowest BCUT2D eigenvalue weighted by atomic mass is 10.1. The molecule has 3 heteroatoms. The van der Waals surface area contributed by atoms with E-state index in [4.69, 9.17) is 14.2 Å². The van der Waals surface area contributed by atoms with Crippen LogP contribution in [0.2, 0.25) is 0 Å². The Morgan fingerprint density at radius 3 is 2.88 bits per heavy atom. The van der Waals surface area contributed by atoms with Crippen molar-refractivity contribution in [1.29, 1.82) is 0 Å². The second-order valence-electron chi connectivity index (χ2n) is 3.96. The number of methoxy groups -OCH3 is 1. The molecule has 1 aliphatic rings. The van der Waals surface area contributed by atoms with Crippen LogP contribution < -0.4 is 9.47 Å². The summed E-state index contributed by atoms with van der Waals surface area (Å²) in [6, 6.07) is 6.03. The van der Waals surface area contributed by atoms with Crippen molar-refractivity contribution in [2.24, 2.45) is 0 Å². The van der Waals surface area contributed by atoms with E-state index in [1.165, 1.54) is 5.56 Å². The Morgan fingerprint density at radius 2 is 2.25 bits per heavy atom. The lowest BCUT2D eigenvalue weighted by Gasteiger charge is -2.13. The summed E-state index contributed by atoms with van der Waals surface area (Å²) in [6.07, 6.45) is 2.39. The highest BCUT2D eigenvalue weighted by Gasteiger charge is 2.24. The number of hydrogen-bond acceptors (Lipinski definition) is 3. The van der Waals surface area contributed by atoms with Crippen LogP contribution in [0.25, 0.3) is 0 Å². The van der Waals surface area contributed by atoms with Gasteiger partial charge in [-0.1, -0.05) is 25.5 Å². The molecule has 0 spiro atoms. The molecule has 1 aliphatic heterocycles. The Kier molecular flexibility index (Phi) is 3.67. The van der Waals surface area contributed by atoms with E-state index in [9.17, 15) is 0 Å². The number of hydrogen-bond donors (Lipinski definition) is 0. The Hall–Kier alpha value is -1.22. The van der Waals surface area contributed by atoms with Crippen molar-refractivity contribution in [3.05, 3.63) is 23.8 Å². The molecule has 16 heavy (non-hydrogen) atoms. The molecular formula is C13H18O3. The topological polar surface area (TPSA) is 31.0 Å². The van der Waals surface area contributed by atoms with E-state index in [2.05, 4.69) is 13.0 Å². The highest BCUT2D eigenvalue weighted by atomic mass is 16.6. The predicted molar refractivity (Wildman–Crippen MR) is 62.2 cm³/mol. The summed E-state index contributed by atoms with van der Waals surface area (Å²) in [7, 11) is 1.67. The summed E-state index contributed by atoms with van der Waals surface area (Å²) in [5.74, 6) is 1.69. The van der Waals surface area contributed by atoms with Crippen molar-refractivity contribution in [1.82, 2.24) is 0 Å². The zero-order chi connectivity index (χ0) is 11.4. The monoisotopic (exact) mass is 222 g/mol. The average Bonchev–Trinajstić information content (AvgIpc) is 3.11. The second-order valence-corrected chi connectivity index (χ2v) is 3.96. The molecule has 1 saturated heterocycles. The largest absolute Gasteiger partial charge is 0.493 e. The summed E-state index contributed by atoms with van der Waals surface area (Å²) >= 11 is 0. The van der Waals surface area contributed by atoms with Crippen LogP contribution in [-0.4, -0.2) is 26.4 Å². The molecule has 1 fully saturated rings. The molecule has 0 amide bonds. The number of para-hydroxylation sites is 1. The average molecular weight is 222 g/mol. The lowest BCUT2D eigenvalue weighted by Crippen LogP contribution is -2.07. The maximum Gasteiger partial charge on any atom is 0.164 e. The van der Waals surface area contributed by atoms with Gasteiger partial charge in [0.15, 0.2) is 11.5 Å². The fourth-order valence-electron chi connectivity index (χ4n) is 1.69. The van der Waals surface area contributed by atoms with Gasteiger partial charge in [0.25, 0.3) is 0 Å². The number of rotatable bonds is 6. The van der Waals surface area contributed by atoms with E-state index in [0.29, 0.717) is 6.61 Å². The van der Waals surface area contributed by atoms with Crippen molar-refractivity contribution >= 4 is 0 Å². The van der Waals surface area contributed by atoms with Gasteiger partial charge in [-0.3, -0.25) is 0 Å². The summed E-state index contributed by atoms with van der Waals surface area (Å²) in [5, 5.41) is 0. The van der Waals surface area contributed by atoms with Gasteiger partial charge in [-0.25, -0.2) is 0 Å². The molecule has 0 aromatic heterocycles. The third kappa shape index (κ3) is 2.67. The fraction of sp³-hybridized carbons (Fsp3) is 0.538. The number of ether oxygens (including phenoxy) is 3. The maximum absolute atomic E-state index is 5.79. The van der Waals surface area contributed by atoms with Crippen LogP contribution in [0.4, 0.5) is 0 Å². The van der Waals surface area contributed by atoms with Gasteiger partial charge in [0.2, 0.25) is 0 Å². The third-order valence-corrected chi connectivity index (χ3v) is 2.62. The first-order valence-electron chi connectivity index (χ1n) is 5.75. The number of aryl methyl sites for hydroxylation is 1. The molecule has 1 atom stereocenters. The molecule has 1 unspecified atom stereocenters. The molecule has 2 rings (SSSR count). The smallest absolute Gasteiger partial charge is 0.164 e. The first-order chi connectivity index (χ1) is 7.85. The third-order valence-electron chi connectivity index (χ3n) is 2.62. The fourth-order valence-corrected chi connectivity index (χ4v) is 1.69. The van der Waals surface area contributed by atoms with Gasteiger partial charge < -0.3 is 14.2 Å². The second kappa shape index (κ2) is 5.21. The molecule has 0 radical (unpaired) electrons. The first kappa shape index (κ1) is 11.3. The minimum Gasteiger partial charge on any atom is -0.493 e. The van der Waals surface area contributed by atoms with Crippen molar-refractivity contribution in [3.8, 4) is 11.5 Å². The van der Waals surface area contributed by atoms with Gasteiger partial charge >= 0.3 is 0 Å². The predicted octanol–water partition coefficient (Wildman–Crippen LogP) is 2.43. The molecule has 0 N–H and O–H groups in total. The van der Waals surface area contributed by atoms with Gasteiger partial charge in [-0.15, -0.1) is 0 Å². The van der Waals surface area contributed by atoms with Gasteiger partial charge in [0, 0.05) is 0 Å². The molecule has 1 aromatic rings. The van der Waals surface area contributed by atoms with Crippen LogP contribution in [0.15, 0.2) is 18.2 Å². The Balaban J connectivity index is 2.13. The van der Waals surface area contributed by atoms with Crippen LogP contribution in [0, 0.1) is 0 Å². The molecule has 3 nitrogen and oxygen atoms in total. The molecule has 0 aliphatic carbocycles. The minimum absolute atomic E-state index is 0.277. The molecule has 88 valence electrons. The Morgan fingerprint density at radius 1 is 1.44 bits per heavy atom. The van der Waals surface area contributed by atoms with Crippen molar-refractivity contribution in [2.75, 3.05) is 20.3 Å². The van der Waals surface area contributed by atoms with E-state index >= 15 is 0 Å². The summed E-state index contributed by atoms with van der Waals surface area (Å²) in [6.45, 7) is 3.60. The first-order valence-corrected chi connectivity index (χ1v) is 5.75. The van der Waals surface area contributed by atoms with E-state index in [1.807, 2.05) is 12.1 Å². The maximum atomic E-state index is 5.79. The summed E-state index contributed by atoms with van der Waals surface area (Å²) in [5.41, 5.74) is 1.21. The number of epoxide rings is 1. The van der Waals surface area contributed by atoms with E-state index < -0.39 is 0 Å². The van der Waals surface area contributed by atoms with Crippen LogP contribution >= 0.6 is 0 Å². The van der Waals surface area contributed by atoms with Gasteiger partial charge in [-0.05, 0) is 18.1 Å². The lowest BCUT2D eigenvalue weighted by molar-refractivity contribution is 0.250. The quantitative estimate of drug-likeness (QED) is 0.693. The van der Waals surface area contributed by atoms with Crippen LogP contribution in [0.1, 0.15) is 18.9 Å². The van der Waals surface area contributed by atoms with Crippen molar-refractivity contribution < 1.29 is 14.2 Å². The zero-order valence-electron chi connectivity index (χ0n) is 9.86. The standard InChI is InChI=1S/C13H18O3/c1-3-5-10-6-4-7-12(14-2)13(10)16-9-11-8-15-11/h4,6-7,11H,3,5,8-9H2,1-2H3. The normalized spacial score (nSPS) is 18.2. The van der Waals surface area contributed by atoms with Gasteiger partial charge in [0.05, 0.1) is 13.7 Å². The molecule has 1 aromatic carbocycles. The Labute approximate surface area is 96.3 Å². The highest BCUT2D eigenvalue weighted by molar-refractivity contribution is 5.46. The molecule has 1 heterocycles. The Bertz CT molecular complexity index is 345. The van der Waals surface area contributed by atoms with Crippen LogP contribution in [0.3, 0.4) is 0 Å². The van der Waals surface area contributed by atoms with Gasteiger partial charge in [0.1, 0.15) is 12.7 Å². The molecule has 0 bridgehead atoms. The SMILES string of the molecule is CCCc1cccc(OC)c1OCC1CO1. The van der Waals surface area contributed by atoms with E-state index in [0.717, 1.165) is 30.9 Å². The van der Waals surface area contributed by atoms with E-state index in [1.54, 1.807) is 7.11 Å². The highest BCUT2D eigenvalue weighted by Crippen LogP contribution is 2.32. The van der Waals surface area contributed by atoms with Crippen molar-refractivity contribution in [2.45, 2.75) is 25.9 Å². The summed E-state index contributed by atoms with van der Waals surface area (Å²) < 4.78 is 16.2. The summed E-state index contributed by atoms with van der Waals surface area (Å²) in [4.78, 5) is 0. The minimum atomic E-state index is 0.277. The van der Waals surface area contributed by atoms with E-state index in [-0.39, 0.29) is 6.10 Å². The molecular weight excluding hydrogens is 204 g/mol. The zero-order valence-corrected chi connectivity index (χ0v) is 9.86. The van der Waals surface area contributed by atoms with Gasteiger partial charge in [-0.2, -0.15) is 0 Å². The van der Waals surface area contributed by atoms with Crippen LogP contribution in [0.5, 0.6) is 11.5 Å². The van der Waals surface area contributed by atoms with Crippen molar-refractivity contribution in [3.63, 3.8) is 0 Å².